The van der Waals surface area contributed by atoms with Gasteiger partial charge in [-0.05, 0) is 49.0 Å². The summed E-state index contributed by atoms with van der Waals surface area (Å²) in [5.74, 6) is 1.33. The second-order valence-electron chi connectivity index (χ2n) is 4.61. The summed E-state index contributed by atoms with van der Waals surface area (Å²) in [5.41, 5.74) is 0.835. The average molecular weight is 350 g/mol. The lowest BCUT2D eigenvalue weighted by Crippen LogP contribution is -2.26. The number of benzene rings is 1. The van der Waals surface area contributed by atoms with Gasteiger partial charge < -0.3 is 4.42 Å². The van der Waals surface area contributed by atoms with E-state index < -0.39 is 0 Å². The molecule has 1 aliphatic heterocycles. The number of thiocarbonyl (C=S) groups is 1. The van der Waals surface area contributed by atoms with E-state index in [0.717, 1.165) is 22.2 Å². The third kappa shape index (κ3) is 2.84. The quantitative estimate of drug-likeness (QED) is 0.544. The molecule has 2 heterocycles. The Morgan fingerprint density at radius 3 is 2.77 bits per heavy atom. The topological polar surface area (TPSA) is 33.5 Å². The molecule has 1 aromatic carbocycles. The number of thioether (sulfide) groups is 1. The molecule has 1 amide bonds. The second kappa shape index (κ2) is 6.28. The van der Waals surface area contributed by atoms with Crippen molar-refractivity contribution in [2.24, 2.45) is 0 Å². The number of carbonyl (C=O) groups excluding carboxylic acids is 1. The molecule has 0 radical (unpaired) electrons. The molecule has 112 valence electrons. The van der Waals surface area contributed by atoms with Crippen LogP contribution < -0.4 is 0 Å². The third-order valence-corrected chi connectivity index (χ3v) is 5.05. The standard InChI is InChI=1S/C16H12ClNO2S2/c1-2-18-15(21)14(22-16(18)19)9-10-7-8-13(20-10)11-5-3-4-6-12(11)17/h3-9H,2H2,1H3. The van der Waals surface area contributed by atoms with Crippen molar-refractivity contribution < 1.29 is 9.21 Å². The fourth-order valence-electron chi connectivity index (χ4n) is 2.14. The molecule has 1 saturated heterocycles. The maximum atomic E-state index is 11.8. The molecule has 0 N–H and O–H groups in total. The first-order valence-electron chi connectivity index (χ1n) is 6.70. The molecule has 2 aromatic rings. The van der Waals surface area contributed by atoms with Gasteiger partial charge in [0, 0.05) is 12.1 Å². The molecule has 1 aliphatic rings. The van der Waals surface area contributed by atoms with Crippen molar-refractivity contribution in [3.05, 3.63) is 52.1 Å². The summed E-state index contributed by atoms with van der Waals surface area (Å²) in [6.07, 6.45) is 1.79. The molecule has 0 saturated carbocycles. The van der Waals surface area contributed by atoms with Crippen LogP contribution in [0.3, 0.4) is 0 Å². The lowest BCUT2D eigenvalue weighted by Gasteiger charge is -2.09. The first kappa shape index (κ1) is 15.3. The Labute approximate surface area is 142 Å². The van der Waals surface area contributed by atoms with Crippen LogP contribution in [0.4, 0.5) is 4.79 Å². The van der Waals surface area contributed by atoms with E-state index in [-0.39, 0.29) is 5.24 Å². The molecule has 0 spiro atoms. The van der Waals surface area contributed by atoms with Gasteiger partial charge in [0.05, 0.1) is 9.93 Å². The van der Waals surface area contributed by atoms with Gasteiger partial charge in [0.15, 0.2) is 0 Å². The van der Waals surface area contributed by atoms with Crippen LogP contribution in [0.15, 0.2) is 45.7 Å². The number of hydrogen-bond donors (Lipinski definition) is 0. The number of rotatable bonds is 3. The van der Waals surface area contributed by atoms with Gasteiger partial charge in [-0.3, -0.25) is 9.69 Å². The van der Waals surface area contributed by atoms with E-state index in [9.17, 15) is 4.79 Å². The van der Waals surface area contributed by atoms with Crippen LogP contribution in [0.2, 0.25) is 5.02 Å². The van der Waals surface area contributed by atoms with Crippen molar-refractivity contribution >= 4 is 51.9 Å². The lowest BCUT2D eigenvalue weighted by atomic mass is 10.2. The van der Waals surface area contributed by atoms with E-state index in [1.54, 1.807) is 11.0 Å². The first-order valence-corrected chi connectivity index (χ1v) is 8.30. The molecule has 1 fully saturated rings. The number of nitrogens with zero attached hydrogens (tertiary/aromatic N) is 1. The van der Waals surface area contributed by atoms with Crippen molar-refractivity contribution in [2.45, 2.75) is 6.92 Å². The van der Waals surface area contributed by atoms with E-state index in [1.165, 1.54) is 0 Å². The minimum absolute atomic E-state index is 0.0448. The number of hydrogen-bond acceptors (Lipinski definition) is 4. The summed E-state index contributed by atoms with van der Waals surface area (Å²) < 4.78 is 5.80. The normalized spacial score (nSPS) is 16.8. The monoisotopic (exact) mass is 349 g/mol. The van der Waals surface area contributed by atoms with E-state index >= 15 is 0 Å². The molecule has 0 atom stereocenters. The van der Waals surface area contributed by atoms with Crippen molar-refractivity contribution in [3.63, 3.8) is 0 Å². The first-order chi connectivity index (χ1) is 10.6. The Hall–Kier alpha value is -1.56. The molecular weight excluding hydrogens is 338 g/mol. The highest BCUT2D eigenvalue weighted by molar-refractivity contribution is 8.19. The SMILES string of the molecule is CCN1C(=O)SC(=Cc2ccc(-c3ccccc3Cl)o2)C1=S. The summed E-state index contributed by atoms with van der Waals surface area (Å²) in [6.45, 7) is 2.47. The Balaban J connectivity index is 1.90. The van der Waals surface area contributed by atoms with Crippen LogP contribution >= 0.6 is 35.6 Å². The van der Waals surface area contributed by atoms with Gasteiger partial charge in [-0.2, -0.15) is 0 Å². The Kier molecular flexibility index (Phi) is 4.38. The molecule has 0 unspecified atom stereocenters. The maximum absolute atomic E-state index is 11.8. The molecular formula is C16H12ClNO2S2. The molecule has 1 aromatic heterocycles. The highest BCUT2D eigenvalue weighted by Gasteiger charge is 2.30. The summed E-state index contributed by atoms with van der Waals surface area (Å²) in [5, 5.41) is 0.589. The average Bonchev–Trinajstić information content (AvgIpc) is 3.05. The van der Waals surface area contributed by atoms with Gasteiger partial charge in [0.1, 0.15) is 16.5 Å². The van der Waals surface area contributed by atoms with Crippen molar-refractivity contribution in [1.29, 1.82) is 0 Å². The fourth-order valence-corrected chi connectivity index (χ4v) is 3.71. The van der Waals surface area contributed by atoms with Crippen LogP contribution in [0.1, 0.15) is 12.7 Å². The number of furan rings is 1. The molecule has 3 nitrogen and oxygen atoms in total. The van der Waals surface area contributed by atoms with Crippen LogP contribution in [0.5, 0.6) is 0 Å². The number of halogens is 1. The van der Waals surface area contributed by atoms with Crippen molar-refractivity contribution in [2.75, 3.05) is 6.54 Å². The molecule has 0 bridgehead atoms. The van der Waals surface area contributed by atoms with Gasteiger partial charge in [0.2, 0.25) is 0 Å². The predicted molar refractivity (Wildman–Crippen MR) is 95.1 cm³/mol. The van der Waals surface area contributed by atoms with E-state index in [2.05, 4.69) is 0 Å². The molecule has 22 heavy (non-hydrogen) atoms. The zero-order valence-electron chi connectivity index (χ0n) is 11.7. The maximum Gasteiger partial charge on any atom is 0.291 e. The molecule has 6 heteroatoms. The zero-order chi connectivity index (χ0) is 15.7. The van der Waals surface area contributed by atoms with Crippen LogP contribution in [0, 0.1) is 0 Å². The number of carbonyl (C=O) groups is 1. The van der Waals surface area contributed by atoms with Gasteiger partial charge in [-0.25, -0.2) is 0 Å². The second-order valence-corrected chi connectivity index (χ2v) is 6.39. The lowest BCUT2D eigenvalue weighted by molar-refractivity contribution is 0.247. The highest BCUT2D eigenvalue weighted by Crippen LogP contribution is 2.35. The Morgan fingerprint density at radius 2 is 2.09 bits per heavy atom. The summed E-state index contributed by atoms with van der Waals surface area (Å²) in [4.78, 5) is 14.7. The van der Waals surface area contributed by atoms with Crippen LogP contribution in [-0.2, 0) is 0 Å². The van der Waals surface area contributed by atoms with Gasteiger partial charge in [-0.15, -0.1) is 0 Å². The minimum atomic E-state index is -0.0448. The summed E-state index contributed by atoms with van der Waals surface area (Å²) in [6, 6.07) is 11.2. The van der Waals surface area contributed by atoms with Crippen molar-refractivity contribution in [1.82, 2.24) is 4.90 Å². The minimum Gasteiger partial charge on any atom is -0.457 e. The van der Waals surface area contributed by atoms with Gasteiger partial charge in [0.25, 0.3) is 5.24 Å². The van der Waals surface area contributed by atoms with Crippen LogP contribution in [0.25, 0.3) is 17.4 Å². The van der Waals surface area contributed by atoms with E-state index in [0.29, 0.717) is 28.1 Å². The Bertz CT molecular complexity index is 782. The molecule has 3 rings (SSSR count). The zero-order valence-corrected chi connectivity index (χ0v) is 14.1. The highest BCUT2D eigenvalue weighted by atomic mass is 35.5. The summed E-state index contributed by atoms with van der Waals surface area (Å²) in [7, 11) is 0. The summed E-state index contributed by atoms with van der Waals surface area (Å²) >= 11 is 12.6. The number of likely N-dealkylation sites (N-methyl/N-ethyl adjacent to an activating group) is 1. The van der Waals surface area contributed by atoms with Crippen LogP contribution in [-0.4, -0.2) is 21.7 Å². The smallest absolute Gasteiger partial charge is 0.291 e. The third-order valence-electron chi connectivity index (χ3n) is 3.23. The largest absolute Gasteiger partial charge is 0.457 e. The van der Waals surface area contributed by atoms with Gasteiger partial charge >= 0.3 is 0 Å². The van der Waals surface area contributed by atoms with E-state index in [1.807, 2.05) is 43.3 Å². The van der Waals surface area contributed by atoms with E-state index in [4.69, 9.17) is 28.2 Å². The van der Waals surface area contributed by atoms with Crippen molar-refractivity contribution in [3.8, 4) is 11.3 Å². The number of amides is 1. The Morgan fingerprint density at radius 1 is 1.32 bits per heavy atom. The fraction of sp³-hybridized carbons (Fsp3) is 0.125. The van der Waals surface area contributed by atoms with Gasteiger partial charge in [-0.1, -0.05) is 36.0 Å². The predicted octanol–water partition coefficient (Wildman–Crippen LogP) is 5.46. The molecule has 0 aliphatic carbocycles.